The second kappa shape index (κ2) is 8.42. The lowest BCUT2D eigenvalue weighted by atomic mass is 10.1. The highest BCUT2D eigenvalue weighted by atomic mass is 16.3. The lowest BCUT2D eigenvalue weighted by Gasteiger charge is -2.29. The zero-order chi connectivity index (χ0) is 15.9. The molecule has 0 spiro atoms. The maximum Gasteiger partial charge on any atom is 0.134 e. The van der Waals surface area contributed by atoms with Crippen LogP contribution in [0.15, 0.2) is 30.3 Å². The van der Waals surface area contributed by atoms with E-state index in [0.717, 1.165) is 19.4 Å². The fourth-order valence-electron chi connectivity index (χ4n) is 3.36. The molecule has 1 aromatic carbocycles. The van der Waals surface area contributed by atoms with Gasteiger partial charge in [0.1, 0.15) is 5.78 Å². The minimum absolute atomic E-state index is 0.0523. The number of benzene rings is 1. The Bertz CT molecular complexity index is 463. The number of aliphatic hydroxyl groups is 2. The van der Waals surface area contributed by atoms with Gasteiger partial charge in [0.25, 0.3) is 0 Å². The predicted molar refractivity (Wildman–Crippen MR) is 86.7 cm³/mol. The van der Waals surface area contributed by atoms with Crippen molar-refractivity contribution in [3.8, 4) is 0 Å². The second-order valence-corrected chi connectivity index (χ2v) is 6.13. The molecule has 2 N–H and O–H groups in total. The van der Waals surface area contributed by atoms with E-state index >= 15 is 0 Å². The molecule has 1 aliphatic heterocycles. The average molecular weight is 305 g/mol. The number of aryl methyl sites for hydroxylation is 1. The van der Waals surface area contributed by atoms with Crippen molar-refractivity contribution in [2.75, 3.05) is 13.2 Å². The predicted octanol–water partition coefficient (Wildman–Crippen LogP) is 1.78. The van der Waals surface area contributed by atoms with E-state index in [1.807, 2.05) is 25.1 Å². The van der Waals surface area contributed by atoms with Gasteiger partial charge in [-0.15, -0.1) is 0 Å². The molecule has 4 heteroatoms. The normalized spacial score (nSPS) is 25.5. The van der Waals surface area contributed by atoms with Gasteiger partial charge in [-0.1, -0.05) is 37.3 Å². The molecule has 1 fully saturated rings. The molecular formula is C18H27NO3. The standard InChI is InChI=1S/C18H27NO3/c1-2-16(21)11-15-12-18(22)17(13-20)19(15)10-6-9-14-7-4-3-5-8-14/h3-5,7-8,15,17-18,20,22H,2,6,9-13H2,1H3/t15-,17-,18+/m1/s1. The summed E-state index contributed by atoms with van der Waals surface area (Å²) in [5.41, 5.74) is 1.30. The van der Waals surface area contributed by atoms with E-state index < -0.39 is 6.10 Å². The molecule has 22 heavy (non-hydrogen) atoms. The van der Waals surface area contributed by atoms with Crippen molar-refractivity contribution >= 4 is 5.78 Å². The molecule has 0 radical (unpaired) electrons. The summed E-state index contributed by atoms with van der Waals surface area (Å²) in [6.45, 7) is 2.62. The molecular weight excluding hydrogens is 278 g/mol. The van der Waals surface area contributed by atoms with Gasteiger partial charge in [0, 0.05) is 18.9 Å². The van der Waals surface area contributed by atoms with Crippen molar-refractivity contribution in [3.63, 3.8) is 0 Å². The van der Waals surface area contributed by atoms with Gasteiger partial charge < -0.3 is 10.2 Å². The van der Waals surface area contributed by atoms with E-state index in [1.54, 1.807) is 0 Å². The second-order valence-electron chi connectivity index (χ2n) is 6.13. The topological polar surface area (TPSA) is 60.8 Å². The molecule has 0 saturated carbocycles. The van der Waals surface area contributed by atoms with Gasteiger partial charge in [0.15, 0.2) is 0 Å². The molecule has 0 amide bonds. The molecule has 1 aromatic rings. The number of carbonyl (C=O) groups excluding carboxylic acids is 1. The van der Waals surface area contributed by atoms with Gasteiger partial charge in [-0.25, -0.2) is 0 Å². The molecule has 1 heterocycles. The van der Waals surface area contributed by atoms with Gasteiger partial charge in [-0.3, -0.25) is 9.69 Å². The number of carbonyl (C=O) groups is 1. The van der Waals surface area contributed by atoms with Gasteiger partial charge in [0.2, 0.25) is 0 Å². The first-order chi connectivity index (χ1) is 10.7. The van der Waals surface area contributed by atoms with Crippen LogP contribution in [0.4, 0.5) is 0 Å². The first kappa shape index (κ1) is 17.1. The van der Waals surface area contributed by atoms with Gasteiger partial charge in [0.05, 0.1) is 18.8 Å². The summed E-state index contributed by atoms with van der Waals surface area (Å²) in [6, 6.07) is 10.1. The Kier molecular flexibility index (Phi) is 6.55. The number of Topliss-reactive ketones (excluding diaryl/α,β-unsaturated/α-hetero) is 1. The summed E-state index contributed by atoms with van der Waals surface area (Å²) in [4.78, 5) is 13.9. The SMILES string of the molecule is CCC(=O)C[C@@H]1C[C@H](O)[C@@H](CO)N1CCCc1ccccc1. The third-order valence-electron chi connectivity index (χ3n) is 4.62. The Labute approximate surface area is 132 Å². The van der Waals surface area contributed by atoms with Crippen molar-refractivity contribution in [2.45, 2.75) is 57.2 Å². The Morgan fingerprint density at radius 2 is 2.05 bits per heavy atom. The molecule has 4 nitrogen and oxygen atoms in total. The minimum Gasteiger partial charge on any atom is -0.395 e. The third-order valence-corrected chi connectivity index (χ3v) is 4.62. The monoisotopic (exact) mass is 305 g/mol. The molecule has 0 bridgehead atoms. The first-order valence-corrected chi connectivity index (χ1v) is 8.26. The minimum atomic E-state index is -0.531. The Hall–Kier alpha value is -1.23. The zero-order valence-electron chi connectivity index (χ0n) is 13.3. The number of hydrogen-bond acceptors (Lipinski definition) is 4. The number of aliphatic hydroxyl groups excluding tert-OH is 2. The summed E-state index contributed by atoms with van der Waals surface area (Å²) in [5.74, 6) is 0.226. The fraction of sp³-hybridized carbons (Fsp3) is 0.611. The number of hydrogen-bond donors (Lipinski definition) is 2. The Balaban J connectivity index is 1.92. The summed E-state index contributed by atoms with van der Waals surface area (Å²) in [6.07, 6.45) is 3.01. The summed E-state index contributed by atoms with van der Waals surface area (Å²) in [5, 5.41) is 19.7. The van der Waals surface area contributed by atoms with Crippen molar-refractivity contribution in [1.29, 1.82) is 0 Å². The fourth-order valence-corrected chi connectivity index (χ4v) is 3.36. The maximum absolute atomic E-state index is 11.7. The smallest absolute Gasteiger partial charge is 0.134 e. The molecule has 0 aromatic heterocycles. The highest BCUT2D eigenvalue weighted by molar-refractivity contribution is 5.78. The number of likely N-dealkylation sites (tertiary alicyclic amines) is 1. The summed E-state index contributed by atoms with van der Waals surface area (Å²) < 4.78 is 0. The van der Waals surface area contributed by atoms with Crippen molar-refractivity contribution in [1.82, 2.24) is 4.90 Å². The van der Waals surface area contributed by atoms with E-state index in [1.165, 1.54) is 5.56 Å². The number of rotatable bonds is 8. The zero-order valence-corrected chi connectivity index (χ0v) is 13.3. The lowest BCUT2D eigenvalue weighted by molar-refractivity contribution is -0.119. The van der Waals surface area contributed by atoms with Gasteiger partial charge >= 0.3 is 0 Å². The maximum atomic E-state index is 11.7. The summed E-state index contributed by atoms with van der Waals surface area (Å²) >= 11 is 0. The van der Waals surface area contributed by atoms with Gasteiger partial charge in [-0.2, -0.15) is 0 Å². The molecule has 3 atom stereocenters. The Morgan fingerprint density at radius 3 is 2.68 bits per heavy atom. The molecule has 1 saturated heterocycles. The van der Waals surface area contributed by atoms with Crippen LogP contribution in [0.5, 0.6) is 0 Å². The van der Waals surface area contributed by atoms with Crippen LogP contribution in [0.2, 0.25) is 0 Å². The van der Waals surface area contributed by atoms with Crippen LogP contribution in [0.25, 0.3) is 0 Å². The van der Waals surface area contributed by atoms with Crippen LogP contribution in [0, 0.1) is 0 Å². The highest BCUT2D eigenvalue weighted by Crippen LogP contribution is 2.27. The highest BCUT2D eigenvalue weighted by Gasteiger charge is 2.39. The third kappa shape index (κ3) is 4.38. The van der Waals surface area contributed by atoms with Crippen LogP contribution in [-0.2, 0) is 11.2 Å². The quantitative estimate of drug-likeness (QED) is 0.768. The van der Waals surface area contributed by atoms with E-state index in [4.69, 9.17) is 0 Å². The Morgan fingerprint density at radius 1 is 1.32 bits per heavy atom. The van der Waals surface area contributed by atoms with Crippen LogP contribution in [0.3, 0.4) is 0 Å². The number of nitrogens with zero attached hydrogens (tertiary/aromatic N) is 1. The van der Waals surface area contributed by atoms with E-state index in [2.05, 4.69) is 17.0 Å². The van der Waals surface area contributed by atoms with E-state index in [0.29, 0.717) is 19.3 Å². The molecule has 0 aliphatic carbocycles. The lowest BCUT2D eigenvalue weighted by Crippen LogP contribution is -2.42. The van der Waals surface area contributed by atoms with Crippen LogP contribution in [-0.4, -0.2) is 52.2 Å². The largest absolute Gasteiger partial charge is 0.395 e. The molecule has 0 unspecified atom stereocenters. The van der Waals surface area contributed by atoms with Crippen LogP contribution < -0.4 is 0 Å². The molecule has 2 rings (SSSR count). The average Bonchev–Trinajstić information content (AvgIpc) is 2.83. The van der Waals surface area contributed by atoms with Crippen molar-refractivity contribution < 1.29 is 15.0 Å². The van der Waals surface area contributed by atoms with E-state index in [9.17, 15) is 15.0 Å². The van der Waals surface area contributed by atoms with Crippen LogP contribution >= 0.6 is 0 Å². The van der Waals surface area contributed by atoms with Crippen molar-refractivity contribution in [2.24, 2.45) is 0 Å². The van der Waals surface area contributed by atoms with Crippen LogP contribution in [0.1, 0.15) is 38.2 Å². The van der Waals surface area contributed by atoms with E-state index in [-0.39, 0.29) is 24.5 Å². The molecule has 122 valence electrons. The first-order valence-electron chi connectivity index (χ1n) is 8.26. The van der Waals surface area contributed by atoms with Gasteiger partial charge in [-0.05, 0) is 31.4 Å². The summed E-state index contributed by atoms with van der Waals surface area (Å²) in [7, 11) is 0. The number of ketones is 1. The van der Waals surface area contributed by atoms with Crippen molar-refractivity contribution in [3.05, 3.63) is 35.9 Å². The molecule has 1 aliphatic rings.